The van der Waals surface area contributed by atoms with Gasteiger partial charge in [0.2, 0.25) is 0 Å². The number of hydrogen-bond acceptors (Lipinski definition) is 2. The number of hydrogen-bond donors (Lipinski definition) is 2. The summed E-state index contributed by atoms with van der Waals surface area (Å²) in [6.07, 6.45) is 0.893. The molecule has 2 nitrogen and oxygen atoms in total. The number of aryl methyl sites for hydroxylation is 1. The van der Waals surface area contributed by atoms with Crippen molar-refractivity contribution < 1.29 is 5.11 Å². The lowest BCUT2D eigenvalue weighted by Gasteiger charge is -2.12. The Morgan fingerprint density at radius 3 is 2.75 bits per heavy atom. The van der Waals surface area contributed by atoms with Crippen LogP contribution in [-0.4, -0.2) is 5.11 Å². The third-order valence-corrected chi connectivity index (χ3v) is 2.10. The summed E-state index contributed by atoms with van der Waals surface area (Å²) in [5.74, 6) is 0.291. The maximum atomic E-state index is 9.23. The second-order valence-electron chi connectivity index (χ2n) is 3.06. The highest BCUT2D eigenvalue weighted by Crippen LogP contribution is 2.22. The van der Waals surface area contributed by atoms with Gasteiger partial charge in [0.25, 0.3) is 0 Å². The molecule has 1 rings (SSSR count). The van der Waals surface area contributed by atoms with Gasteiger partial charge in [-0.25, -0.2) is 0 Å². The van der Waals surface area contributed by atoms with Crippen molar-refractivity contribution in [1.29, 1.82) is 0 Å². The van der Waals surface area contributed by atoms with Crippen molar-refractivity contribution in [1.82, 2.24) is 0 Å². The standard InChI is InChI=1S/C10H15NO/c1-3-10(11)9-6-8(12)5-4-7(9)2/h4-6,10,12H,3,11H2,1-2H3. The largest absolute Gasteiger partial charge is 0.508 e. The van der Waals surface area contributed by atoms with Crippen LogP contribution in [-0.2, 0) is 0 Å². The monoisotopic (exact) mass is 165 g/mol. The molecule has 2 heteroatoms. The zero-order chi connectivity index (χ0) is 9.14. The molecule has 0 aromatic heterocycles. The average Bonchev–Trinajstić information content (AvgIpc) is 2.08. The Bertz CT molecular complexity index is 271. The van der Waals surface area contributed by atoms with Gasteiger partial charge in [-0.05, 0) is 36.6 Å². The fourth-order valence-electron chi connectivity index (χ4n) is 1.25. The van der Waals surface area contributed by atoms with Gasteiger partial charge in [0.1, 0.15) is 5.75 Å². The average molecular weight is 165 g/mol. The van der Waals surface area contributed by atoms with E-state index in [-0.39, 0.29) is 6.04 Å². The zero-order valence-electron chi connectivity index (χ0n) is 7.54. The van der Waals surface area contributed by atoms with Crippen molar-refractivity contribution >= 4 is 0 Å². The summed E-state index contributed by atoms with van der Waals surface area (Å²) in [5.41, 5.74) is 8.03. The van der Waals surface area contributed by atoms with Crippen LogP contribution in [0.5, 0.6) is 5.75 Å². The van der Waals surface area contributed by atoms with E-state index in [4.69, 9.17) is 5.73 Å². The van der Waals surface area contributed by atoms with Crippen LogP contribution in [0.4, 0.5) is 0 Å². The second kappa shape index (κ2) is 3.59. The zero-order valence-corrected chi connectivity index (χ0v) is 7.54. The van der Waals surface area contributed by atoms with Gasteiger partial charge in [-0.15, -0.1) is 0 Å². The Balaban J connectivity index is 3.04. The van der Waals surface area contributed by atoms with E-state index in [2.05, 4.69) is 0 Å². The first kappa shape index (κ1) is 9.07. The van der Waals surface area contributed by atoms with Crippen LogP contribution in [0.3, 0.4) is 0 Å². The highest BCUT2D eigenvalue weighted by Gasteiger charge is 2.06. The van der Waals surface area contributed by atoms with E-state index >= 15 is 0 Å². The third-order valence-electron chi connectivity index (χ3n) is 2.10. The van der Waals surface area contributed by atoms with E-state index in [1.807, 2.05) is 19.9 Å². The molecule has 0 aliphatic heterocycles. The molecule has 0 heterocycles. The maximum Gasteiger partial charge on any atom is 0.115 e. The molecule has 0 spiro atoms. The quantitative estimate of drug-likeness (QED) is 0.705. The number of phenolic OH excluding ortho intramolecular Hbond substituents is 1. The first-order valence-electron chi connectivity index (χ1n) is 4.20. The number of nitrogens with two attached hydrogens (primary N) is 1. The van der Waals surface area contributed by atoms with Gasteiger partial charge in [0.15, 0.2) is 0 Å². The van der Waals surface area contributed by atoms with Gasteiger partial charge in [-0.2, -0.15) is 0 Å². The van der Waals surface area contributed by atoms with Crippen LogP contribution in [0.1, 0.15) is 30.5 Å². The summed E-state index contributed by atoms with van der Waals surface area (Å²) in [7, 11) is 0. The number of rotatable bonds is 2. The van der Waals surface area contributed by atoms with Crippen LogP contribution in [0.25, 0.3) is 0 Å². The van der Waals surface area contributed by atoms with Crippen LogP contribution in [0.2, 0.25) is 0 Å². The molecule has 0 aliphatic carbocycles. The van der Waals surface area contributed by atoms with Gasteiger partial charge in [0, 0.05) is 6.04 Å². The number of benzene rings is 1. The minimum Gasteiger partial charge on any atom is -0.508 e. The van der Waals surface area contributed by atoms with Crippen molar-refractivity contribution in [3.63, 3.8) is 0 Å². The first-order valence-corrected chi connectivity index (χ1v) is 4.20. The van der Waals surface area contributed by atoms with Crippen LogP contribution < -0.4 is 5.73 Å². The highest BCUT2D eigenvalue weighted by molar-refractivity contribution is 5.35. The van der Waals surface area contributed by atoms with Crippen molar-refractivity contribution in [3.05, 3.63) is 29.3 Å². The summed E-state index contributed by atoms with van der Waals surface area (Å²) < 4.78 is 0. The predicted molar refractivity (Wildman–Crippen MR) is 50.1 cm³/mol. The first-order chi connectivity index (χ1) is 5.65. The van der Waals surface area contributed by atoms with Crippen molar-refractivity contribution in [2.45, 2.75) is 26.3 Å². The summed E-state index contributed by atoms with van der Waals surface area (Å²) in [6, 6.07) is 5.35. The van der Waals surface area contributed by atoms with Crippen LogP contribution in [0.15, 0.2) is 18.2 Å². The molecule has 0 bridgehead atoms. The Hall–Kier alpha value is -1.02. The van der Waals surface area contributed by atoms with Crippen molar-refractivity contribution in [2.75, 3.05) is 0 Å². The van der Waals surface area contributed by atoms with E-state index in [1.54, 1.807) is 12.1 Å². The lowest BCUT2D eigenvalue weighted by atomic mass is 10.00. The lowest BCUT2D eigenvalue weighted by molar-refractivity contribution is 0.473. The third kappa shape index (κ3) is 1.77. The van der Waals surface area contributed by atoms with E-state index in [1.165, 1.54) is 0 Å². The Kier molecular flexibility index (Phi) is 2.71. The Morgan fingerprint density at radius 2 is 2.17 bits per heavy atom. The molecule has 0 amide bonds. The molecule has 1 aromatic rings. The molecule has 0 radical (unpaired) electrons. The summed E-state index contributed by atoms with van der Waals surface area (Å²) in [5, 5.41) is 9.23. The molecule has 1 unspecified atom stereocenters. The van der Waals surface area contributed by atoms with E-state index in [0.717, 1.165) is 17.5 Å². The maximum absolute atomic E-state index is 9.23. The smallest absolute Gasteiger partial charge is 0.115 e. The lowest BCUT2D eigenvalue weighted by Crippen LogP contribution is -2.09. The normalized spacial score (nSPS) is 12.9. The highest BCUT2D eigenvalue weighted by atomic mass is 16.3. The molecule has 3 N–H and O–H groups in total. The molecule has 0 saturated heterocycles. The second-order valence-corrected chi connectivity index (χ2v) is 3.06. The summed E-state index contributed by atoms with van der Waals surface area (Å²) in [6.45, 7) is 4.04. The van der Waals surface area contributed by atoms with Gasteiger partial charge < -0.3 is 10.8 Å². The Labute approximate surface area is 73.0 Å². The minimum atomic E-state index is 0.0390. The van der Waals surface area contributed by atoms with E-state index in [0.29, 0.717) is 5.75 Å². The van der Waals surface area contributed by atoms with Gasteiger partial charge in [0.05, 0.1) is 0 Å². The summed E-state index contributed by atoms with van der Waals surface area (Å²) in [4.78, 5) is 0. The topological polar surface area (TPSA) is 46.2 Å². The Morgan fingerprint density at radius 1 is 1.50 bits per heavy atom. The molecule has 1 atom stereocenters. The number of phenols is 1. The SMILES string of the molecule is CCC(N)c1cc(O)ccc1C. The van der Waals surface area contributed by atoms with Gasteiger partial charge >= 0.3 is 0 Å². The van der Waals surface area contributed by atoms with Gasteiger partial charge in [-0.3, -0.25) is 0 Å². The molecule has 0 aliphatic rings. The van der Waals surface area contributed by atoms with E-state index < -0.39 is 0 Å². The van der Waals surface area contributed by atoms with Crippen LogP contribution in [0, 0.1) is 6.92 Å². The molecule has 12 heavy (non-hydrogen) atoms. The molecule has 0 saturated carbocycles. The minimum absolute atomic E-state index is 0.0390. The van der Waals surface area contributed by atoms with Crippen molar-refractivity contribution in [3.8, 4) is 5.75 Å². The predicted octanol–water partition coefficient (Wildman–Crippen LogP) is 2.11. The number of aromatic hydroxyl groups is 1. The van der Waals surface area contributed by atoms with Crippen molar-refractivity contribution in [2.24, 2.45) is 5.73 Å². The fraction of sp³-hybridized carbons (Fsp3) is 0.400. The van der Waals surface area contributed by atoms with Gasteiger partial charge in [-0.1, -0.05) is 13.0 Å². The van der Waals surface area contributed by atoms with Crippen LogP contribution >= 0.6 is 0 Å². The molecular weight excluding hydrogens is 150 g/mol. The molecule has 66 valence electrons. The molecular formula is C10H15NO. The summed E-state index contributed by atoms with van der Waals surface area (Å²) >= 11 is 0. The molecule has 1 aromatic carbocycles. The molecule has 0 fully saturated rings. The van der Waals surface area contributed by atoms with E-state index in [9.17, 15) is 5.11 Å². The fourth-order valence-corrected chi connectivity index (χ4v) is 1.25.